The van der Waals surface area contributed by atoms with Gasteiger partial charge in [-0.05, 0) is 54.7 Å². The molecule has 0 saturated carbocycles. The molecule has 1 atom stereocenters. The molecule has 3 heterocycles. The lowest BCUT2D eigenvalue weighted by molar-refractivity contribution is -0.121. The number of methoxy groups -OCH3 is 1. The molecule has 5 rings (SSSR count). The fourth-order valence-corrected chi connectivity index (χ4v) is 4.93. The predicted molar refractivity (Wildman–Crippen MR) is 136 cm³/mol. The van der Waals surface area contributed by atoms with Crippen molar-refractivity contribution in [2.24, 2.45) is 5.92 Å². The molecule has 2 aromatic carbocycles. The van der Waals surface area contributed by atoms with Crippen LogP contribution in [0.4, 0.5) is 5.69 Å². The summed E-state index contributed by atoms with van der Waals surface area (Å²) in [5.41, 5.74) is 4.33. The number of carbonyl (C=O) groups excluding carboxylic acids is 2. The average Bonchev–Trinajstić information content (AvgIpc) is 3.36. The number of hydrogen-bond acceptors (Lipinski definition) is 5. The van der Waals surface area contributed by atoms with Crippen LogP contribution in [0, 0.1) is 5.92 Å². The summed E-state index contributed by atoms with van der Waals surface area (Å²) >= 11 is 0. The number of aryl methyl sites for hydroxylation is 1. The largest absolute Gasteiger partial charge is 0.497 e. The van der Waals surface area contributed by atoms with Crippen molar-refractivity contribution in [2.75, 3.05) is 25.5 Å². The van der Waals surface area contributed by atoms with Crippen LogP contribution in [-0.2, 0) is 29.1 Å². The Labute approximate surface area is 211 Å². The number of ether oxygens (including phenoxy) is 2. The van der Waals surface area contributed by atoms with Gasteiger partial charge in [0, 0.05) is 24.7 Å². The minimum Gasteiger partial charge on any atom is -0.497 e. The number of anilines is 1. The van der Waals surface area contributed by atoms with E-state index in [0.29, 0.717) is 44.8 Å². The van der Waals surface area contributed by atoms with Crippen molar-refractivity contribution in [3.63, 3.8) is 0 Å². The first-order chi connectivity index (χ1) is 17.6. The van der Waals surface area contributed by atoms with Crippen molar-refractivity contribution in [2.45, 2.75) is 45.4 Å². The van der Waals surface area contributed by atoms with E-state index >= 15 is 0 Å². The van der Waals surface area contributed by atoms with Crippen LogP contribution in [0.2, 0.25) is 0 Å². The van der Waals surface area contributed by atoms with E-state index in [-0.39, 0.29) is 23.8 Å². The highest BCUT2D eigenvalue weighted by Crippen LogP contribution is 2.30. The second-order valence-electron chi connectivity index (χ2n) is 9.37. The zero-order valence-electron chi connectivity index (χ0n) is 20.8. The van der Waals surface area contributed by atoms with Gasteiger partial charge >= 0.3 is 0 Å². The second-order valence-corrected chi connectivity index (χ2v) is 9.37. The van der Waals surface area contributed by atoms with Crippen LogP contribution in [-0.4, -0.2) is 46.5 Å². The van der Waals surface area contributed by atoms with Crippen molar-refractivity contribution < 1.29 is 19.1 Å². The highest BCUT2D eigenvalue weighted by molar-refractivity contribution is 5.95. The molecule has 1 fully saturated rings. The van der Waals surface area contributed by atoms with E-state index in [1.54, 1.807) is 18.3 Å². The number of carbonyl (C=O) groups is 2. The quantitative estimate of drug-likeness (QED) is 0.562. The van der Waals surface area contributed by atoms with Crippen molar-refractivity contribution >= 4 is 17.5 Å². The number of nitrogens with zero attached hydrogens (tertiary/aromatic N) is 3. The van der Waals surface area contributed by atoms with Crippen molar-refractivity contribution in [3.05, 3.63) is 77.4 Å². The molecule has 1 N–H and O–H groups in total. The summed E-state index contributed by atoms with van der Waals surface area (Å²) in [5, 5.41) is 3.04. The number of nitrogens with one attached hydrogen (secondary N) is 1. The SMILES string of the molecule is CCc1cccc(NC(=O)C2CCN(C(=O)c3ncn4c3CO[C@H](c3ccc(OC)cc3)C4)CC2)c1. The molecule has 1 aromatic heterocycles. The van der Waals surface area contributed by atoms with Crippen molar-refractivity contribution in [3.8, 4) is 5.75 Å². The molecule has 8 heteroatoms. The first-order valence-corrected chi connectivity index (χ1v) is 12.5. The van der Waals surface area contributed by atoms with E-state index in [2.05, 4.69) is 23.3 Å². The molecule has 2 aliphatic rings. The number of piperidine rings is 1. The maximum Gasteiger partial charge on any atom is 0.274 e. The highest BCUT2D eigenvalue weighted by Gasteiger charge is 2.32. The maximum atomic E-state index is 13.3. The van der Waals surface area contributed by atoms with Crippen molar-refractivity contribution in [1.29, 1.82) is 0 Å². The Morgan fingerprint density at radius 2 is 1.92 bits per heavy atom. The van der Waals surface area contributed by atoms with Crippen LogP contribution in [0.3, 0.4) is 0 Å². The Bertz CT molecular complexity index is 1230. The lowest BCUT2D eigenvalue weighted by Crippen LogP contribution is -2.42. The first kappa shape index (κ1) is 24.1. The van der Waals surface area contributed by atoms with E-state index in [4.69, 9.17) is 9.47 Å². The summed E-state index contributed by atoms with van der Waals surface area (Å²) < 4.78 is 13.3. The standard InChI is InChI=1S/C28H32N4O4/c1-3-19-5-4-6-22(15-19)30-27(33)21-11-13-31(14-12-21)28(34)26-24-17-36-25(16-32(24)18-29-26)20-7-9-23(35-2)10-8-20/h4-10,15,18,21,25H,3,11-14,16-17H2,1-2H3,(H,30,33)/t25-/m0/s1. The second kappa shape index (κ2) is 10.5. The Morgan fingerprint density at radius 3 is 2.64 bits per heavy atom. The van der Waals surface area contributed by atoms with Crippen molar-refractivity contribution in [1.82, 2.24) is 14.5 Å². The number of aromatic nitrogens is 2. The zero-order chi connectivity index (χ0) is 25.1. The lowest BCUT2D eigenvalue weighted by Gasteiger charge is -2.31. The van der Waals surface area contributed by atoms with Crippen LogP contribution >= 0.6 is 0 Å². The molecule has 2 amide bonds. The van der Waals surface area contributed by atoms with Crippen LogP contribution in [0.25, 0.3) is 0 Å². The minimum atomic E-state index is -0.108. The third-order valence-corrected chi connectivity index (χ3v) is 7.18. The smallest absolute Gasteiger partial charge is 0.274 e. The number of amides is 2. The summed E-state index contributed by atoms with van der Waals surface area (Å²) in [6.45, 7) is 4.09. The van der Waals surface area contributed by atoms with Gasteiger partial charge in [-0.15, -0.1) is 0 Å². The van der Waals surface area contributed by atoms with Gasteiger partial charge < -0.3 is 24.3 Å². The third kappa shape index (κ3) is 4.99. The molecule has 0 aliphatic carbocycles. The molecule has 188 valence electrons. The van der Waals surface area contributed by atoms with Gasteiger partial charge in [-0.25, -0.2) is 4.98 Å². The maximum absolute atomic E-state index is 13.3. The summed E-state index contributed by atoms with van der Waals surface area (Å²) in [4.78, 5) is 32.3. The molecule has 1 saturated heterocycles. The molecular weight excluding hydrogens is 456 g/mol. The summed E-state index contributed by atoms with van der Waals surface area (Å²) in [6, 6.07) is 15.8. The Morgan fingerprint density at radius 1 is 1.14 bits per heavy atom. The van der Waals surface area contributed by atoms with Gasteiger partial charge in [-0.2, -0.15) is 0 Å². The molecule has 3 aromatic rings. The molecule has 36 heavy (non-hydrogen) atoms. The van der Waals surface area contributed by atoms with Crippen LogP contribution in [0.15, 0.2) is 54.9 Å². The molecule has 2 aliphatic heterocycles. The number of hydrogen-bond donors (Lipinski definition) is 1. The van der Waals surface area contributed by atoms with Gasteiger partial charge in [0.25, 0.3) is 5.91 Å². The van der Waals surface area contributed by atoms with Crippen LogP contribution in [0.1, 0.15) is 53.2 Å². The average molecular weight is 489 g/mol. The Kier molecular flexibility index (Phi) is 7.04. The van der Waals surface area contributed by atoms with E-state index < -0.39 is 0 Å². The third-order valence-electron chi connectivity index (χ3n) is 7.18. The normalized spacial score (nSPS) is 17.9. The fraction of sp³-hybridized carbons (Fsp3) is 0.393. The molecule has 8 nitrogen and oxygen atoms in total. The topological polar surface area (TPSA) is 85.7 Å². The van der Waals surface area contributed by atoms with E-state index in [9.17, 15) is 9.59 Å². The number of imidazole rings is 1. The molecule has 0 spiro atoms. The number of benzene rings is 2. The van der Waals surface area contributed by atoms with Gasteiger partial charge in [-0.1, -0.05) is 31.2 Å². The number of rotatable bonds is 6. The Hall–Kier alpha value is -3.65. The van der Waals surface area contributed by atoms with Gasteiger partial charge in [0.05, 0.1) is 32.3 Å². The molecular formula is C28H32N4O4. The van der Waals surface area contributed by atoms with E-state index in [1.807, 2.05) is 47.0 Å². The summed E-state index contributed by atoms with van der Waals surface area (Å²) in [5.74, 6) is 0.624. The van der Waals surface area contributed by atoms with E-state index in [1.165, 1.54) is 5.56 Å². The summed E-state index contributed by atoms with van der Waals surface area (Å²) in [7, 11) is 1.65. The zero-order valence-corrected chi connectivity index (χ0v) is 20.8. The predicted octanol–water partition coefficient (Wildman–Crippen LogP) is 4.22. The fourth-order valence-electron chi connectivity index (χ4n) is 4.93. The summed E-state index contributed by atoms with van der Waals surface area (Å²) in [6.07, 6.45) is 3.82. The van der Waals surface area contributed by atoms with Gasteiger partial charge in [0.2, 0.25) is 5.91 Å². The number of fused-ring (bicyclic) bond motifs is 1. The molecule has 0 radical (unpaired) electrons. The van der Waals surface area contributed by atoms with Gasteiger partial charge in [0.15, 0.2) is 5.69 Å². The molecule has 0 bridgehead atoms. The molecule has 0 unspecified atom stereocenters. The van der Waals surface area contributed by atoms with Crippen LogP contribution in [0.5, 0.6) is 5.75 Å². The van der Waals surface area contributed by atoms with Gasteiger partial charge in [-0.3, -0.25) is 9.59 Å². The number of likely N-dealkylation sites (tertiary alicyclic amines) is 1. The monoisotopic (exact) mass is 488 g/mol. The lowest BCUT2D eigenvalue weighted by atomic mass is 9.95. The van der Waals surface area contributed by atoms with Crippen LogP contribution < -0.4 is 10.1 Å². The highest BCUT2D eigenvalue weighted by atomic mass is 16.5. The van der Waals surface area contributed by atoms with Gasteiger partial charge in [0.1, 0.15) is 11.9 Å². The first-order valence-electron chi connectivity index (χ1n) is 12.5. The minimum absolute atomic E-state index is 0.0210. The van der Waals surface area contributed by atoms with E-state index in [0.717, 1.165) is 29.1 Å². The Balaban J connectivity index is 1.18.